The van der Waals surface area contributed by atoms with Crippen molar-refractivity contribution in [3.8, 4) is 11.5 Å². The van der Waals surface area contributed by atoms with Crippen molar-refractivity contribution in [1.82, 2.24) is 0 Å². The highest BCUT2D eigenvalue weighted by molar-refractivity contribution is 5.53. The minimum Gasteiger partial charge on any atom is -0.508 e. The molecule has 15 heavy (non-hydrogen) atoms. The van der Waals surface area contributed by atoms with Gasteiger partial charge >= 0.3 is 0 Å². The minimum absolute atomic E-state index is 0.0269. The Morgan fingerprint density at radius 2 is 2.07 bits per heavy atom. The first kappa shape index (κ1) is 9.58. The largest absolute Gasteiger partial charge is 0.508 e. The van der Waals surface area contributed by atoms with Crippen molar-refractivity contribution in [1.29, 1.82) is 0 Å². The van der Waals surface area contributed by atoms with E-state index >= 15 is 0 Å². The van der Waals surface area contributed by atoms with Gasteiger partial charge in [-0.1, -0.05) is 6.08 Å². The van der Waals surface area contributed by atoms with E-state index in [0.29, 0.717) is 24.0 Å². The summed E-state index contributed by atoms with van der Waals surface area (Å²) < 4.78 is 4.81. The van der Waals surface area contributed by atoms with Crippen LogP contribution in [0, 0.1) is 0 Å². The summed E-state index contributed by atoms with van der Waals surface area (Å²) in [7, 11) is 0. The minimum atomic E-state index is -0.613. The molecule has 0 spiro atoms. The number of hydrogen-bond donors (Lipinski definition) is 2. The molecule has 4 heteroatoms. The van der Waals surface area contributed by atoms with Crippen molar-refractivity contribution < 1.29 is 19.7 Å². The van der Waals surface area contributed by atoms with Crippen LogP contribution < -0.4 is 0 Å². The number of rotatable bonds is 2. The van der Waals surface area contributed by atoms with E-state index in [9.17, 15) is 15.0 Å². The smallest absolute Gasteiger partial charge is 0.294 e. The number of ether oxygens (including phenoxy) is 1. The number of phenolic OH excluding ortho intramolecular Hbond substituents is 2. The number of hydrogen-bond acceptors (Lipinski definition) is 4. The van der Waals surface area contributed by atoms with Gasteiger partial charge in [0.25, 0.3) is 6.47 Å². The highest BCUT2D eigenvalue weighted by Gasteiger charge is 2.23. The molecule has 0 heterocycles. The molecular weight excluding hydrogens is 196 g/mol. The van der Waals surface area contributed by atoms with Crippen molar-refractivity contribution in [2.24, 2.45) is 0 Å². The number of aromatic hydroxyl groups is 2. The second-order valence-electron chi connectivity index (χ2n) is 3.28. The molecule has 2 rings (SSSR count). The molecule has 0 fully saturated rings. The van der Waals surface area contributed by atoms with Crippen LogP contribution in [-0.2, 0) is 16.0 Å². The molecule has 1 aliphatic rings. The monoisotopic (exact) mass is 206 g/mol. The molecule has 0 amide bonds. The number of phenols is 2. The molecule has 1 aromatic rings. The number of allylic oxidation sites excluding steroid dienone is 1. The van der Waals surface area contributed by atoms with Gasteiger partial charge < -0.3 is 14.9 Å². The zero-order valence-electron chi connectivity index (χ0n) is 7.88. The van der Waals surface area contributed by atoms with E-state index in [2.05, 4.69) is 0 Å². The average Bonchev–Trinajstić information content (AvgIpc) is 2.24. The highest BCUT2D eigenvalue weighted by atomic mass is 16.5. The summed E-state index contributed by atoms with van der Waals surface area (Å²) in [6, 6.07) is 2.81. The van der Waals surface area contributed by atoms with Crippen molar-refractivity contribution in [3.05, 3.63) is 35.4 Å². The van der Waals surface area contributed by atoms with Crippen molar-refractivity contribution >= 4 is 6.47 Å². The Labute approximate surface area is 86.4 Å². The van der Waals surface area contributed by atoms with Gasteiger partial charge in [0.15, 0.2) is 0 Å². The molecule has 0 radical (unpaired) electrons. The number of carbonyl (C=O) groups excluding carboxylic acids is 1. The summed E-state index contributed by atoms with van der Waals surface area (Å²) in [4.78, 5) is 10.3. The number of benzene rings is 1. The van der Waals surface area contributed by atoms with Gasteiger partial charge in [0.2, 0.25) is 0 Å². The summed E-state index contributed by atoms with van der Waals surface area (Å²) in [6.45, 7) is 0.327. The third-order valence-electron chi connectivity index (χ3n) is 2.43. The fourth-order valence-electron chi connectivity index (χ4n) is 1.75. The van der Waals surface area contributed by atoms with Crippen LogP contribution in [0.15, 0.2) is 24.3 Å². The normalized spacial score (nSPS) is 18.3. The first-order valence-corrected chi connectivity index (χ1v) is 4.53. The summed E-state index contributed by atoms with van der Waals surface area (Å²) in [5.41, 5.74) is 1.06. The highest BCUT2D eigenvalue weighted by Crippen LogP contribution is 2.38. The maximum Gasteiger partial charge on any atom is 0.294 e. The van der Waals surface area contributed by atoms with Crippen LogP contribution >= 0.6 is 0 Å². The molecule has 1 atom stereocenters. The maximum atomic E-state index is 10.3. The lowest BCUT2D eigenvalue weighted by atomic mass is 9.93. The summed E-state index contributed by atoms with van der Waals surface area (Å²) in [6.07, 6.45) is 3.37. The molecule has 78 valence electrons. The fourth-order valence-corrected chi connectivity index (χ4v) is 1.75. The van der Waals surface area contributed by atoms with E-state index < -0.39 is 6.10 Å². The summed E-state index contributed by atoms with van der Waals surface area (Å²) in [5, 5.41) is 19.2. The van der Waals surface area contributed by atoms with Gasteiger partial charge in [0.1, 0.15) is 17.6 Å². The molecular formula is C11H10O4. The van der Waals surface area contributed by atoms with E-state index in [1.807, 2.05) is 0 Å². The van der Waals surface area contributed by atoms with Crippen LogP contribution in [0.25, 0.3) is 0 Å². The number of carbonyl (C=O) groups is 1. The van der Waals surface area contributed by atoms with Crippen LogP contribution in [0.2, 0.25) is 0 Å². The van der Waals surface area contributed by atoms with Crippen LogP contribution in [0.1, 0.15) is 17.2 Å². The Morgan fingerprint density at radius 3 is 2.80 bits per heavy atom. The van der Waals surface area contributed by atoms with Gasteiger partial charge in [-0.15, -0.1) is 0 Å². The van der Waals surface area contributed by atoms with Gasteiger partial charge in [-0.25, -0.2) is 0 Å². The van der Waals surface area contributed by atoms with Crippen molar-refractivity contribution in [2.75, 3.05) is 0 Å². The predicted octanol–water partition coefficient (Wildman–Crippen LogP) is 1.42. The van der Waals surface area contributed by atoms with Crippen molar-refractivity contribution in [2.45, 2.75) is 12.5 Å². The fraction of sp³-hybridized carbons (Fsp3) is 0.182. The quantitative estimate of drug-likeness (QED) is 0.436. The maximum absolute atomic E-state index is 10.3. The van der Waals surface area contributed by atoms with Crippen molar-refractivity contribution in [3.63, 3.8) is 0 Å². The molecule has 1 aliphatic carbocycles. The molecule has 1 aromatic carbocycles. The standard InChI is InChI=1S/C11H10O4/c12-6-15-10-3-1-2-7-8(13)4-5-9(14)11(7)10/h1,3-6,10,13-14H,2H2. The Hall–Kier alpha value is -1.97. The lowest BCUT2D eigenvalue weighted by Crippen LogP contribution is -2.08. The average molecular weight is 206 g/mol. The molecule has 4 nitrogen and oxygen atoms in total. The lowest BCUT2D eigenvalue weighted by molar-refractivity contribution is -0.131. The van der Waals surface area contributed by atoms with E-state index in [-0.39, 0.29) is 11.5 Å². The summed E-state index contributed by atoms with van der Waals surface area (Å²) >= 11 is 0. The third-order valence-corrected chi connectivity index (χ3v) is 2.43. The Bertz CT molecular complexity index is 423. The van der Waals surface area contributed by atoms with Gasteiger partial charge in [-0.2, -0.15) is 0 Å². The lowest BCUT2D eigenvalue weighted by Gasteiger charge is -2.21. The second kappa shape index (κ2) is 3.65. The Balaban J connectivity index is 2.53. The molecule has 0 aromatic heterocycles. The SMILES string of the molecule is O=COC1C=CCc2c(O)ccc(O)c21. The zero-order chi connectivity index (χ0) is 10.8. The molecule has 0 saturated carbocycles. The topological polar surface area (TPSA) is 66.8 Å². The molecule has 2 N–H and O–H groups in total. The van der Waals surface area contributed by atoms with Crippen LogP contribution in [0.4, 0.5) is 0 Å². The van der Waals surface area contributed by atoms with E-state index in [1.54, 1.807) is 12.2 Å². The Kier molecular flexibility index (Phi) is 2.33. The predicted molar refractivity (Wildman–Crippen MR) is 52.5 cm³/mol. The molecule has 0 bridgehead atoms. The van der Waals surface area contributed by atoms with Crippen LogP contribution in [-0.4, -0.2) is 16.7 Å². The van der Waals surface area contributed by atoms with Gasteiger partial charge in [-0.05, 0) is 24.6 Å². The third kappa shape index (κ3) is 1.54. The zero-order valence-corrected chi connectivity index (χ0v) is 7.88. The molecule has 1 unspecified atom stereocenters. The van der Waals surface area contributed by atoms with Gasteiger partial charge in [0.05, 0.1) is 0 Å². The Morgan fingerprint density at radius 1 is 1.33 bits per heavy atom. The van der Waals surface area contributed by atoms with Gasteiger partial charge in [-0.3, -0.25) is 4.79 Å². The van der Waals surface area contributed by atoms with Crippen LogP contribution in [0.3, 0.4) is 0 Å². The van der Waals surface area contributed by atoms with E-state index in [0.717, 1.165) is 0 Å². The van der Waals surface area contributed by atoms with Crippen LogP contribution in [0.5, 0.6) is 11.5 Å². The van der Waals surface area contributed by atoms with E-state index in [4.69, 9.17) is 4.74 Å². The first-order valence-electron chi connectivity index (χ1n) is 4.53. The molecule has 0 aliphatic heterocycles. The molecule has 0 saturated heterocycles. The number of fused-ring (bicyclic) bond motifs is 1. The summed E-state index contributed by atoms with van der Waals surface area (Å²) in [5.74, 6) is 0.130. The first-order chi connectivity index (χ1) is 7.24. The van der Waals surface area contributed by atoms with Gasteiger partial charge in [0, 0.05) is 11.1 Å². The van der Waals surface area contributed by atoms with E-state index in [1.165, 1.54) is 12.1 Å². The second-order valence-corrected chi connectivity index (χ2v) is 3.28.